The van der Waals surface area contributed by atoms with E-state index in [1.807, 2.05) is 0 Å². The number of halogens is 3. The maximum atomic E-state index is 10.4. The van der Waals surface area contributed by atoms with Gasteiger partial charge >= 0.3 is 5.97 Å². The first kappa shape index (κ1) is 15.8. The highest BCUT2D eigenvalue weighted by atomic mass is 35.6. The van der Waals surface area contributed by atoms with Crippen LogP contribution in [-0.4, -0.2) is 33.3 Å². The molecule has 0 aliphatic carbocycles. The van der Waals surface area contributed by atoms with Crippen LogP contribution in [-0.2, 0) is 4.79 Å². The van der Waals surface area contributed by atoms with Crippen molar-refractivity contribution in [2.45, 2.75) is 29.1 Å². The zero-order valence-corrected chi connectivity index (χ0v) is 10.8. The number of aliphatic carboxylic acids is 1. The fraction of sp³-hybridized carbons (Fsp3) is 0.750. The smallest absolute Gasteiger partial charge is 0.320 e. The number of alkyl halides is 3. The number of amidine groups is 1. The van der Waals surface area contributed by atoms with Crippen LogP contribution in [0.1, 0.15) is 19.3 Å². The van der Waals surface area contributed by atoms with Crippen molar-refractivity contribution in [1.29, 1.82) is 0 Å². The van der Waals surface area contributed by atoms with Gasteiger partial charge < -0.3 is 16.6 Å². The molecule has 0 radical (unpaired) electrons. The van der Waals surface area contributed by atoms with Crippen molar-refractivity contribution in [3.05, 3.63) is 0 Å². The standard InChI is InChI=1S/C8H14Cl3N3O2/c9-8(10,11)7(13)14-4-2-1-3-5(12)6(15)16/h5H,1-4,12H2,(H2,13,14)(H,15,16)/t5-/m0/s1. The van der Waals surface area contributed by atoms with E-state index in [-0.39, 0.29) is 5.84 Å². The van der Waals surface area contributed by atoms with Crippen LogP contribution in [0.15, 0.2) is 4.99 Å². The molecule has 16 heavy (non-hydrogen) atoms. The summed E-state index contributed by atoms with van der Waals surface area (Å²) in [6.45, 7) is 0.381. The third-order valence-electron chi connectivity index (χ3n) is 1.81. The van der Waals surface area contributed by atoms with E-state index in [1.165, 1.54) is 0 Å². The molecule has 0 amide bonds. The van der Waals surface area contributed by atoms with E-state index in [9.17, 15) is 4.79 Å². The van der Waals surface area contributed by atoms with Crippen LogP contribution in [0, 0.1) is 0 Å². The van der Waals surface area contributed by atoms with Gasteiger partial charge in [0, 0.05) is 6.54 Å². The number of hydrogen-bond acceptors (Lipinski definition) is 3. The Morgan fingerprint density at radius 2 is 1.94 bits per heavy atom. The molecule has 1 atom stereocenters. The van der Waals surface area contributed by atoms with Gasteiger partial charge in [0.2, 0.25) is 3.79 Å². The Labute approximate surface area is 109 Å². The van der Waals surface area contributed by atoms with Gasteiger partial charge in [-0.3, -0.25) is 9.79 Å². The van der Waals surface area contributed by atoms with Crippen molar-refractivity contribution in [3.63, 3.8) is 0 Å². The van der Waals surface area contributed by atoms with Crippen LogP contribution < -0.4 is 11.5 Å². The fourth-order valence-electron chi connectivity index (χ4n) is 0.889. The number of aliphatic imine (C=N–C) groups is 1. The molecule has 0 aromatic carbocycles. The number of carboxylic acid groups (broad SMARTS) is 1. The Morgan fingerprint density at radius 1 is 1.38 bits per heavy atom. The average Bonchev–Trinajstić information content (AvgIpc) is 2.14. The minimum atomic E-state index is -1.68. The second-order valence-corrected chi connectivity index (χ2v) is 5.49. The summed E-state index contributed by atoms with van der Waals surface area (Å²) in [5.41, 5.74) is 10.7. The molecule has 0 heterocycles. The van der Waals surface area contributed by atoms with Crippen LogP contribution in [0.5, 0.6) is 0 Å². The molecule has 0 aromatic heterocycles. The maximum Gasteiger partial charge on any atom is 0.320 e. The van der Waals surface area contributed by atoms with Crippen molar-refractivity contribution in [3.8, 4) is 0 Å². The zero-order valence-electron chi connectivity index (χ0n) is 8.50. The highest BCUT2D eigenvalue weighted by Crippen LogP contribution is 2.25. The van der Waals surface area contributed by atoms with Gasteiger partial charge in [-0.05, 0) is 19.3 Å². The number of carbonyl (C=O) groups is 1. The summed E-state index contributed by atoms with van der Waals surface area (Å²) in [5.74, 6) is -1.08. The predicted molar refractivity (Wildman–Crippen MR) is 66.2 cm³/mol. The topological polar surface area (TPSA) is 102 Å². The van der Waals surface area contributed by atoms with Gasteiger partial charge in [0.05, 0.1) is 0 Å². The highest BCUT2D eigenvalue weighted by Gasteiger charge is 2.24. The number of rotatable bonds is 6. The first-order chi connectivity index (χ1) is 7.25. The van der Waals surface area contributed by atoms with Crippen LogP contribution in [0.2, 0.25) is 0 Å². The molecule has 0 rings (SSSR count). The normalized spacial score (nSPS) is 14.9. The van der Waals surface area contributed by atoms with Gasteiger partial charge in [-0.1, -0.05) is 34.8 Å². The summed E-state index contributed by atoms with van der Waals surface area (Å²) in [4.78, 5) is 14.2. The molecule has 0 fully saturated rings. The van der Waals surface area contributed by atoms with E-state index < -0.39 is 15.8 Å². The molecule has 0 saturated heterocycles. The Hall–Kier alpha value is -0.230. The van der Waals surface area contributed by atoms with Crippen LogP contribution >= 0.6 is 34.8 Å². The number of nitrogens with two attached hydrogens (primary N) is 2. The van der Waals surface area contributed by atoms with Crippen molar-refractivity contribution >= 4 is 46.6 Å². The second-order valence-electron chi connectivity index (χ2n) is 3.21. The summed E-state index contributed by atoms with van der Waals surface area (Å²) in [5, 5.41) is 8.51. The zero-order chi connectivity index (χ0) is 12.8. The van der Waals surface area contributed by atoms with E-state index in [1.54, 1.807) is 0 Å². The summed E-state index contributed by atoms with van der Waals surface area (Å²) < 4.78 is -1.68. The van der Waals surface area contributed by atoms with Crippen LogP contribution in [0.25, 0.3) is 0 Å². The van der Waals surface area contributed by atoms with Crippen LogP contribution in [0.4, 0.5) is 0 Å². The Balaban J connectivity index is 3.73. The number of nitrogens with zero attached hydrogens (tertiary/aromatic N) is 1. The molecule has 5 N–H and O–H groups in total. The Morgan fingerprint density at radius 3 is 2.38 bits per heavy atom. The number of carboxylic acids is 1. The third-order valence-corrected chi connectivity index (χ3v) is 2.39. The molecule has 8 heteroatoms. The molecule has 0 saturated carbocycles. The number of unbranched alkanes of at least 4 members (excludes halogenated alkanes) is 1. The SMILES string of the molecule is NC(=NCCCC[C@H](N)C(=O)O)C(Cl)(Cl)Cl. The monoisotopic (exact) mass is 289 g/mol. The van der Waals surface area contributed by atoms with Gasteiger partial charge in [0.1, 0.15) is 11.9 Å². The maximum absolute atomic E-state index is 10.4. The van der Waals surface area contributed by atoms with E-state index in [0.717, 1.165) is 0 Å². The lowest BCUT2D eigenvalue weighted by Crippen LogP contribution is -2.30. The molecule has 0 spiro atoms. The van der Waals surface area contributed by atoms with E-state index in [2.05, 4.69) is 4.99 Å². The van der Waals surface area contributed by atoms with Crippen molar-refractivity contribution in [2.75, 3.05) is 6.54 Å². The van der Waals surface area contributed by atoms with Crippen molar-refractivity contribution in [2.24, 2.45) is 16.5 Å². The molecule has 0 bridgehead atoms. The third kappa shape index (κ3) is 7.11. The summed E-state index contributed by atoms with van der Waals surface area (Å²) in [6.07, 6.45) is 1.66. The van der Waals surface area contributed by atoms with E-state index >= 15 is 0 Å². The minimum Gasteiger partial charge on any atom is -0.480 e. The highest BCUT2D eigenvalue weighted by molar-refractivity contribution is 6.76. The Kier molecular flexibility index (Phi) is 7.06. The van der Waals surface area contributed by atoms with E-state index in [0.29, 0.717) is 25.8 Å². The largest absolute Gasteiger partial charge is 0.480 e. The van der Waals surface area contributed by atoms with Gasteiger partial charge in [-0.25, -0.2) is 0 Å². The minimum absolute atomic E-state index is 0.0694. The molecule has 94 valence electrons. The first-order valence-electron chi connectivity index (χ1n) is 4.60. The average molecular weight is 291 g/mol. The van der Waals surface area contributed by atoms with Gasteiger partial charge in [0.25, 0.3) is 0 Å². The van der Waals surface area contributed by atoms with Crippen molar-refractivity contribution in [1.82, 2.24) is 0 Å². The predicted octanol–water partition coefficient (Wildman–Crippen LogP) is 1.30. The summed E-state index contributed by atoms with van der Waals surface area (Å²) in [6, 6.07) is -0.838. The molecule has 0 unspecified atom stereocenters. The van der Waals surface area contributed by atoms with Gasteiger partial charge in [-0.15, -0.1) is 0 Å². The molecular formula is C8H14Cl3N3O2. The molecule has 0 aromatic rings. The fourth-order valence-corrected chi connectivity index (χ4v) is 1.07. The Bertz CT molecular complexity index is 266. The lowest BCUT2D eigenvalue weighted by atomic mass is 10.1. The van der Waals surface area contributed by atoms with Gasteiger partial charge in [-0.2, -0.15) is 0 Å². The van der Waals surface area contributed by atoms with Crippen molar-refractivity contribution < 1.29 is 9.90 Å². The lowest BCUT2D eigenvalue weighted by molar-refractivity contribution is -0.138. The first-order valence-corrected chi connectivity index (χ1v) is 5.74. The quantitative estimate of drug-likeness (QED) is 0.297. The lowest BCUT2D eigenvalue weighted by Gasteiger charge is -2.09. The van der Waals surface area contributed by atoms with Crippen LogP contribution in [0.3, 0.4) is 0 Å². The summed E-state index contributed by atoms with van der Waals surface area (Å²) >= 11 is 16.4. The molecule has 5 nitrogen and oxygen atoms in total. The van der Waals surface area contributed by atoms with E-state index in [4.69, 9.17) is 51.4 Å². The molecular weight excluding hydrogens is 276 g/mol. The number of hydrogen-bond donors (Lipinski definition) is 3. The summed E-state index contributed by atoms with van der Waals surface area (Å²) in [7, 11) is 0. The second kappa shape index (κ2) is 7.17. The molecule has 0 aliphatic heterocycles. The van der Waals surface area contributed by atoms with Gasteiger partial charge in [0.15, 0.2) is 0 Å². The molecule has 0 aliphatic rings.